The molecule has 0 fully saturated rings. The standard InChI is InChI=1S/3C3HF5N.9Rf/c2*4-1(2(5)9)3(6,7)8;4-1(2(5)6)3(7,8)9;;;;;;;;;/h3*9H;;;;;;;;;/q3*-1;;;;;;;;;/b2-1+;2-1-;;;;;;;;;;. The molecule has 0 aliphatic carbocycles. The van der Waals surface area contributed by atoms with E-state index >= 15 is 0 Å². The summed E-state index contributed by atoms with van der Waals surface area (Å²) in [6.45, 7) is 0. The monoisotopic (exact) mass is 2840 g/mol. The molecule has 0 heterocycles. The number of hydrogen-bond donors (Lipinski definition) is 0. The van der Waals surface area contributed by atoms with Crippen molar-refractivity contribution in [2.75, 3.05) is 0 Å². The van der Waals surface area contributed by atoms with Crippen molar-refractivity contribution in [1.29, 1.82) is 0 Å². The zero-order valence-electron chi connectivity index (χ0n) is 18.0. The van der Waals surface area contributed by atoms with Crippen molar-refractivity contribution < 1.29 is 65.9 Å². The minimum Gasteiger partial charge on any atom is -0.672 e. The van der Waals surface area contributed by atoms with Gasteiger partial charge in [0.25, 0.3) is 0 Å². The summed E-state index contributed by atoms with van der Waals surface area (Å²) in [6.07, 6.45) is -13.9. The Kier molecular flexibility index (Phi) is 47.9. The van der Waals surface area contributed by atoms with Gasteiger partial charge in [0, 0.05) is 0 Å². The van der Waals surface area contributed by atoms with Crippen LogP contribution in [-0.4, -0.2) is 18.4 Å². The van der Waals surface area contributed by atoms with Gasteiger partial charge in [0.2, 0.25) is 23.5 Å². The second-order valence-electron chi connectivity index (χ2n) is 3.40. The van der Waals surface area contributed by atoms with Crippen molar-refractivity contribution >= 4 is 0 Å². The molecular weight excluding hydrogens is 2840 g/mol. The quantitative estimate of drug-likeness (QED) is 0.188. The van der Waals surface area contributed by atoms with Gasteiger partial charge in [-0.1, -0.05) is 0 Å². The third kappa shape index (κ3) is 30.6. The van der Waals surface area contributed by atoms with Crippen molar-refractivity contribution in [3.05, 3.63) is 52.7 Å². The Morgan fingerprint density at radius 3 is 0.556 bits per heavy atom. The zero-order valence-corrected chi connectivity index (χ0v) is 75.6. The Morgan fingerprint density at radius 1 is 0.389 bits per heavy atom. The largest absolute Gasteiger partial charge is 0.672 e. The molecule has 0 unspecified atom stereocenters. The summed E-state index contributed by atoms with van der Waals surface area (Å²) in [5, 5.41) is 0. The second kappa shape index (κ2) is 20.0. The Balaban J connectivity index is -0.0000000213. The molecule has 3 N–H and O–H groups in total. The van der Waals surface area contributed by atoms with Gasteiger partial charge in [-0.2, -0.15) is 35.1 Å². The third-order valence-corrected chi connectivity index (χ3v) is 1.32. The molecule has 0 bridgehead atoms. The number of hydrogen-bond acceptors (Lipinski definition) is 0. The van der Waals surface area contributed by atoms with Crippen molar-refractivity contribution in [2.45, 2.75) is 18.4 Å². The van der Waals surface area contributed by atoms with Gasteiger partial charge in [-0.05, 0) is 0 Å². The van der Waals surface area contributed by atoms with Crippen LogP contribution >= 0.6 is 0 Å². The van der Waals surface area contributed by atoms with Crippen LogP contribution in [0, 0.1) is 0 Å². The molecule has 0 aliphatic rings. The molecular formula is C9H3F15N3Rf9-3. The van der Waals surface area contributed by atoms with Gasteiger partial charge in [0.1, 0.15) is 0 Å². The number of nitrogens with one attached hydrogen (secondary N) is 3. The Bertz CT molecular complexity index is 499. The maximum atomic E-state index is 11.2. The minimum absolute atomic E-state index is 0. The molecule has 0 spiro atoms. The van der Waals surface area contributed by atoms with E-state index in [2.05, 4.69) is 0 Å². The molecule has 0 saturated carbocycles. The van der Waals surface area contributed by atoms with Gasteiger partial charge >= 0.3 is 18.4 Å². The first-order valence-electron chi connectivity index (χ1n) is 5.08. The van der Waals surface area contributed by atoms with Crippen LogP contribution in [0.4, 0.5) is 65.9 Å². The van der Waals surface area contributed by atoms with Gasteiger partial charge in [-0.15, -0.1) is 0 Å². The van der Waals surface area contributed by atoms with Gasteiger partial charge in [-0.3, -0.25) is 0 Å². The predicted octanol–water partition coefficient (Wildman–Crippen LogP) is 8.13. The molecule has 0 aliphatic heterocycles. The van der Waals surface area contributed by atoms with Crippen LogP contribution in [0.3, 0.4) is 0 Å². The molecule has 0 aromatic heterocycles. The molecule has 27 heteroatoms. The average molecular weight is 2840 g/mol. The van der Waals surface area contributed by atoms with E-state index in [1.165, 1.54) is 0 Å². The summed E-state index contributed by atoms with van der Waals surface area (Å²) in [4.78, 5) is 0. The summed E-state index contributed by atoms with van der Waals surface area (Å²) in [6, 6.07) is -4.81. The molecule has 0 radical (unpaired) electrons. The topological polar surface area (TPSA) is 71.4 Å². The van der Waals surface area contributed by atoms with Crippen molar-refractivity contribution in [3.63, 3.8) is 0 Å². The summed E-state index contributed by atoms with van der Waals surface area (Å²) in [7, 11) is 0. The summed E-state index contributed by atoms with van der Waals surface area (Å²) < 4.78 is 165. The van der Waals surface area contributed by atoms with E-state index in [9.17, 15) is 65.9 Å². The van der Waals surface area contributed by atoms with E-state index in [0.717, 1.165) is 0 Å². The summed E-state index contributed by atoms with van der Waals surface area (Å²) >= 11 is 0. The molecule has 0 aromatic rings. The number of alkyl halides is 8. The normalized spacial score (nSPS) is 10.4. The van der Waals surface area contributed by atoms with Crippen molar-refractivity contribution in [1.82, 2.24) is 0 Å². The maximum absolute atomic E-state index is 11.2. The summed E-state index contributed by atoms with van der Waals surface area (Å²) in [5.41, 5.74) is 16.5. The molecule has 0 rings (SSSR count). The van der Waals surface area contributed by atoms with Crippen LogP contribution in [-0.2, 0) is 0 Å². The van der Waals surface area contributed by atoms with Gasteiger partial charge < -0.3 is 17.2 Å². The van der Waals surface area contributed by atoms with E-state index in [1.54, 1.807) is 0 Å². The average Bonchev–Trinajstić information content (AvgIpc) is 2.42. The van der Waals surface area contributed by atoms with Gasteiger partial charge in [-0.25, -0.2) is 30.7 Å². The van der Waals surface area contributed by atoms with E-state index in [1.807, 2.05) is 0 Å². The van der Waals surface area contributed by atoms with Crippen LogP contribution in [0.15, 0.2) is 35.5 Å². The fraction of sp³-hybridized carbons (Fsp3) is 0.333. The number of halogens is 15. The minimum atomic E-state index is -5.37. The fourth-order valence-electron chi connectivity index (χ4n) is 0.368. The molecule has 36 heavy (non-hydrogen) atoms. The summed E-state index contributed by atoms with van der Waals surface area (Å²) in [5.74, 6) is -14.2. The van der Waals surface area contributed by atoms with Crippen LogP contribution in [0.2, 0.25) is 0 Å². The number of rotatable bonds is 1. The Morgan fingerprint density at radius 2 is 0.556 bits per heavy atom. The second-order valence-corrected chi connectivity index (χ2v) is 3.40. The Labute approximate surface area is 138 Å². The molecule has 0 aromatic carbocycles. The molecule has 3 nitrogen and oxygen atoms in total. The molecule has 0 saturated heterocycles. The first kappa shape index (κ1) is 85.9. The van der Waals surface area contributed by atoms with Crippen molar-refractivity contribution in [3.8, 4) is 0 Å². The maximum Gasteiger partial charge on any atom is 0.443 e. The van der Waals surface area contributed by atoms with Crippen LogP contribution in [0.5, 0.6) is 0 Å². The fourth-order valence-corrected chi connectivity index (χ4v) is 0.368. The van der Waals surface area contributed by atoms with E-state index in [-0.39, 0.29) is 0 Å². The van der Waals surface area contributed by atoms with E-state index < -0.39 is 53.9 Å². The van der Waals surface area contributed by atoms with Crippen LogP contribution in [0.1, 0.15) is 0 Å². The van der Waals surface area contributed by atoms with E-state index in [0.29, 0.717) is 0 Å². The van der Waals surface area contributed by atoms with Crippen LogP contribution in [0.25, 0.3) is 17.2 Å². The molecule has 0 atom stereocenters. The van der Waals surface area contributed by atoms with E-state index in [4.69, 9.17) is 17.2 Å². The van der Waals surface area contributed by atoms with Crippen molar-refractivity contribution in [2.24, 2.45) is 0 Å². The zero-order chi connectivity index (χ0) is 23.0. The smallest absolute Gasteiger partial charge is 0.443 e. The Hall–Kier alpha value is -11.3. The van der Waals surface area contributed by atoms with Crippen LogP contribution < -0.4 is 0 Å². The first-order chi connectivity index (χ1) is 11.6. The SMILES string of the molecule is [NH-]/C(F)=C(/F)C(F)(F)F.[NH-]/C(F)=C(\F)C(F)(F)F.[NH-]C(F)(F)C(F)=C(F)F.[Rf].[Rf].[Rf].[Rf].[Rf].[Rf].[Rf].[Rf].[Rf]. The van der Waals surface area contributed by atoms with Gasteiger partial charge in [0.15, 0.2) is 0 Å². The number of allylic oxidation sites excluding steroid dienone is 2. The molecule has 0 amide bonds. The van der Waals surface area contributed by atoms with Gasteiger partial charge in [0.05, 0.1) is 11.9 Å². The third-order valence-electron chi connectivity index (χ3n) is 1.32. The predicted molar refractivity (Wildman–Crippen MR) is 58.9 cm³/mol. The first-order valence-corrected chi connectivity index (χ1v) is 5.08. The molecule has 180 valence electrons.